The fourth-order valence-electron chi connectivity index (χ4n) is 7.06. The normalized spacial score (nSPS) is 18.3. The molecular formula is C39H43N5O3S. The van der Waals surface area contributed by atoms with Crippen LogP contribution in [0.3, 0.4) is 0 Å². The number of benzene rings is 2. The van der Waals surface area contributed by atoms with Gasteiger partial charge in [0.05, 0.1) is 18.3 Å². The monoisotopic (exact) mass is 661 g/mol. The summed E-state index contributed by atoms with van der Waals surface area (Å²) in [5, 5.41) is 12.8. The molecule has 0 bridgehead atoms. The van der Waals surface area contributed by atoms with E-state index in [2.05, 4.69) is 88.3 Å². The quantitative estimate of drug-likeness (QED) is 0.165. The first kappa shape index (κ1) is 32.0. The Bertz CT molecular complexity index is 1960. The van der Waals surface area contributed by atoms with Crippen LogP contribution < -0.4 is 14.5 Å². The number of carbonyl (C=O) groups is 1. The van der Waals surface area contributed by atoms with E-state index in [0.717, 1.165) is 49.2 Å². The predicted octanol–water partition coefficient (Wildman–Crippen LogP) is 8.25. The van der Waals surface area contributed by atoms with Crippen LogP contribution in [0.4, 0.5) is 11.4 Å². The highest BCUT2D eigenvalue weighted by Crippen LogP contribution is 2.46. The zero-order valence-corrected chi connectivity index (χ0v) is 28.9. The molecule has 9 heteroatoms. The number of aromatic amines is 1. The molecular weight excluding hydrogens is 619 g/mol. The maximum Gasteiger partial charge on any atom is 0.335 e. The lowest BCUT2D eigenvalue weighted by atomic mass is 9.73. The molecule has 1 aliphatic carbocycles. The molecule has 1 atom stereocenters. The van der Waals surface area contributed by atoms with E-state index in [1.165, 1.54) is 39.3 Å². The second-order valence-corrected chi connectivity index (χ2v) is 14.9. The van der Waals surface area contributed by atoms with Gasteiger partial charge in [-0.1, -0.05) is 37.6 Å². The van der Waals surface area contributed by atoms with Crippen molar-refractivity contribution in [2.24, 2.45) is 5.41 Å². The molecule has 1 saturated heterocycles. The number of H-pyrrole nitrogens is 1. The van der Waals surface area contributed by atoms with Crippen LogP contribution in [-0.2, 0) is 0 Å². The third-order valence-electron chi connectivity index (χ3n) is 9.71. The Kier molecular flexibility index (Phi) is 8.74. The van der Waals surface area contributed by atoms with Gasteiger partial charge in [-0.2, -0.15) is 0 Å². The van der Waals surface area contributed by atoms with Crippen LogP contribution in [0.5, 0.6) is 5.75 Å². The number of thiophene rings is 1. The van der Waals surface area contributed by atoms with Crippen LogP contribution in [-0.4, -0.2) is 72.4 Å². The lowest BCUT2D eigenvalue weighted by molar-refractivity contribution is 0.0697. The predicted molar refractivity (Wildman–Crippen MR) is 196 cm³/mol. The third-order valence-corrected chi connectivity index (χ3v) is 10.7. The fourth-order valence-corrected chi connectivity index (χ4v) is 8.06. The standard InChI is InChI=1S/C39H43N5O3S/c1-39(2)15-13-28(33(21-39)35-20-29(25-48-35)32-7-5-6-8-34(32)42(3)4)23-43-17-18-44(30-11-9-26(10-12-30)38(45)46)36(24-43)47-31-19-27-14-16-40-37(27)41-22-31/h5-12,14,16,19-20,22,25,36H,13,15,17-18,21,23-24H2,1-4H3,(H,40,41)(H,45,46). The average molecular weight is 662 g/mol. The number of para-hydroxylation sites is 1. The number of hydrogen-bond acceptors (Lipinski definition) is 7. The van der Waals surface area contributed by atoms with Crippen LogP contribution in [0.15, 0.2) is 90.1 Å². The molecule has 0 spiro atoms. The summed E-state index contributed by atoms with van der Waals surface area (Å²) in [5.41, 5.74) is 9.10. The molecule has 0 amide bonds. The lowest BCUT2D eigenvalue weighted by Gasteiger charge is -2.43. The molecule has 5 aromatic rings. The largest absolute Gasteiger partial charge is 0.478 e. The molecule has 2 aromatic carbocycles. The number of allylic oxidation sites excluding steroid dienone is 1. The Hall–Kier alpha value is -4.60. The number of aromatic nitrogens is 2. The summed E-state index contributed by atoms with van der Waals surface area (Å²) in [6.07, 6.45) is 6.71. The van der Waals surface area contributed by atoms with Crippen LogP contribution in [0.1, 0.15) is 48.3 Å². The second-order valence-electron chi connectivity index (χ2n) is 14.0. The van der Waals surface area contributed by atoms with Gasteiger partial charge in [-0.05, 0) is 89.7 Å². The number of carboxylic acid groups (broad SMARTS) is 1. The van der Waals surface area contributed by atoms with Gasteiger partial charge in [-0.3, -0.25) is 4.90 Å². The number of aromatic carboxylic acids is 1. The van der Waals surface area contributed by atoms with Crippen LogP contribution in [0, 0.1) is 5.41 Å². The van der Waals surface area contributed by atoms with Crippen molar-refractivity contribution in [1.29, 1.82) is 0 Å². The number of rotatable bonds is 9. The maximum atomic E-state index is 11.5. The molecule has 48 heavy (non-hydrogen) atoms. The summed E-state index contributed by atoms with van der Waals surface area (Å²) in [6, 6.07) is 22.2. The molecule has 248 valence electrons. The van der Waals surface area contributed by atoms with Crippen molar-refractivity contribution in [3.8, 4) is 16.9 Å². The molecule has 4 heterocycles. The summed E-state index contributed by atoms with van der Waals surface area (Å²) in [7, 11) is 4.21. The molecule has 8 nitrogen and oxygen atoms in total. The molecule has 1 aliphatic heterocycles. The van der Waals surface area contributed by atoms with Gasteiger partial charge in [0.25, 0.3) is 0 Å². The Labute approximate surface area is 286 Å². The van der Waals surface area contributed by atoms with E-state index < -0.39 is 5.97 Å². The summed E-state index contributed by atoms with van der Waals surface area (Å²) in [6.45, 7) is 8.03. The van der Waals surface area contributed by atoms with Gasteiger partial charge in [-0.25, -0.2) is 9.78 Å². The van der Waals surface area contributed by atoms with Gasteiger partial charge in [0.2, 0.25) is 0 Å². The van der Waals surface area contributed by atoms with Gasteiger partial charge in [-0.15, -0.1) is 11.3 Å². The number of piperazine rings is 1. The maximum absolute atomic E-state index is 11.5. The molecule has 2 N–H and O–H groups in total. The Morgan fingerprint density at radius 1 is 1.10 bits per heavy atom. The molecule has 3 aromatic heterocycles. The van der Waals surface area contributed by atoms with Crippen LogP contribution in [0.2, 0.25) is 0 Å². The van der Waals surface area contributed by atoms with Crippen molar-refractivity contribution < 1.29 is 14.6 Å². The van der Waals surface area contributed by atoms with E-state index in [1.807, 2.05) is 41.8 Å². The summed E-state index contributed by atoms with van der Waals surface area (Å²) < 4.78 is 6.70. The summed E-state index contributed by atoms with van der Waals surface area (Å²) in [4.78, 5) is 27.6. The SMILES string of the molecule is CN(C)c1ccccc1-c1csc(C2=C(CN3CCN(c4ccc(C(=O)O)cc4)C(Oc4cnc5[nH]ccc5c4)C3)CCC(C)(C)C2)c1. The Morgan fingerprint density at radius 3 is 2.71 bits per heavy atom. The number of hydrogen-bond donors (Lipinski definition) is 2. The third kappa shape index (κ3) is 6.70. The zero-order chi connectivity index (χ0) is 33.4. The summed E-state index contributed by atoms with van der Waals surface area (Å²) in [5.74, 6) is -0.214. The van der Waals surface area contributed by atoms with Crippen molar-refractivity contribution in [2.75, 3.05) is 50.1 Å². The number of anilines is 2. The molecule has 0 radical (unpaired) electrons. The van der Waals surface area contributed by atoms with Gasteiger partial charge in [0, 0.05) is 67.1 Å². The number of nitrogens with zero attached hydrogens (tertiary/aromatic N) is 4. The first-order valence-corrected chi connectivity index (χ1v) is 17.5. The Morgan fingerprint density at radius 2 is 1.92 bits per heavy atom. The summed E-state index contributed by atoms with van der Waals surface area (Å²) >= 11 is 1.86. The molecule has 1 fully saturated rings. The molecule has 0 saturated carbocycles. The van der Waals surface area contributed by atoms with Crippen molar-refractivity contribution in [1.82, 2.24) is 14.9 Å². The highest BCUT2D eigenvalue weighted by molar-refractivity contribution is 7.11. The number of ether oxygens (including phenoxy) is 1. The fraction of sp³-hybridized carbons (Fsp3) is 0.333. The number of fused-ring (bicyclic) bond motifs is 1. The van der Waals surface area contributed by atoms with E-state index in [4.69, 9.17) is 4.74 Å². The minimum Gasteiger partial charge on any atom is -0.478 e. The van der Waals surface area contributed by atoms with Gasteiger partial charge in [0.15, 0.2) is 6.23 Å². The van der Waals surface area contributed by atoms with Gasteiger partial charge in [0.1, 0.15) is 11.4 Å². The topological polar surface area (TPSA) is 84.9 Å². The zero-order valence-electron chi connectivity index (χ0n) is 28.1. The average Bonchev–Trinajstić information content (AvgIpc) is 3.76. The van der Waals surface area contributed by atoms with E-state index in [0.29, 0.717) is 12.3 Å². The van der Waals surface area contributed by atoms with E-state index in [1.54, 1.807) is 18.3 Å². The molecule has 2 aliphatic rings. The first-order chi connectivity index (χ1) is 23.1. The van der Waals surface area contributed by atoms with Crippen LogP contribution >= 0.6 is 11.3 Å². The number of nitrogens with one attached hydrogen (secondary N) is 1. The van der Waals surface area contributed by atoms with Crippen molar-refractivity contribution in [2.45, 2.75) is 39.3 Å². The number of carboxylic acids is 1. The molecule has 7 rings (SSSR count). The Balaban J connectivity index is 1.17. The lowest BCUT2D eigenvalue weighted by Crippen LogP contribution is -2.56. The van der Waals surface area contributed by atoms with E-state index in [-0.39, 0.29) is 17.2 Å². The van der Waals surface area contributed by atoms with E-state index >= 15 is 0 Å². The second kappa shape index (κ2) is 13.1. The van der Waals surface area contributed by atoms with Crippen molar-refractivity contribution >= 4 is 45.3 Å². The number of pyridine rings is 1. The highest BCUT2D eigenvalue weighted by Gasteiger charge is 2.33. The molecule has 1 unspecified atom stereocenters. The van der Waals surface area contributed by atoms with E-state index in [9.17, 15) is 9.90 Å². The minimum absolute atomic E-state index is 0.251. The van der Waals surface area contributed by atoms with Crippen molar-refractivity contribution in [3.05, 3.63) is 101 Å². The smallest absolute Gasteiger partial charge is 0.335 e. The minimum atomic E-state index is -0.926. The first-order valence-electron chi connectivity index (χ1n) is 16.6. The van der Waals surface area contributed by atoms with Crippen LogP contribution in [0.25, 0.3) is 27.7 Å². The van der Waals surface area contributed by atoms with Crippen molar-refractivity contribution in [3.63, 3.8) is 0 Å². The van der Waals surface area contributed by atoms with Gasteiger partial charge < -0.3 is 24.6 Å². The highest BCUT2D eigenvalue weighted by atomic mass is 32.1. The van der Waals surface area contributed by atoms with Gasteiger partial charge >= 0.3 is 5.97 Å².